The number of anilines is 2. The van der Waals surface area contributed by atoms with Gasteiger partial charge >= 0.3 is 11.8 Å². The minimum absolute atomic E-state index is 0.193. The quantitative estimate of drug-likeness (QED) is 0.636. The van der Waals surface area contributed by atoms with Gasteiger partial charge in [0.2, 0.25) is 0 Å². The first kappa shape index (κ1) is 19.8. The van der Waals surface area contributed by atoms with Crippen LogP contribution < -0.4 is 15.5 Å². The topological polar surface area (TPSA) is 74.6 Å². The summed E-state index contributed by atoms with van der Waals surface area (Å²) in [6.07, 6.45) is 2.56. The van der Waals surface area contributed by atoms with Gasteiger partial charge in [-0.2, -0.15) is 0 Å². The van der Waals surface area contributed by atoms with Crippen LogP contribution in [-0.2, 0) is 16.0 Å². The summed E-state index contributed by atoms with van der Waals surface area (Å²) >= 11 is 0. The molecule has 0 saturated heterocycles. The van der Waals surface area contributed by atoms with Gasteiger partial charge < -0.3 is 20.0 Å². The van der Waals surface area contributed by atoms with E-state index < -0.39 is 11.8 Å². The normalized spacial score (nSPS) is 13.6. The minimum atomic E-state index is -0.682. The van der Waals surface area contributed by atoms with Crippen LogP contribution in [0.5, 0.6) is 0 Å². The summed E-state index contributed by atoms with van der Waals surface area (Å²) in [6, 6.07) is 17.3. The highest BCUT2D eigenvalue weighted by Crippen LogP contribution is 2.34. The van der Waals surface area contributed by atoms with Crippen molar-refractivity contribution in [1.29, 1.82) is 0 Å². The number of nitrogens with one attached hydrogen (secondary N) is 2. The summed E-state index contributed by atoms with van der Waals surface area (Å²) in [5, 5.41) is 5.44. The lowest BCUT2D eigenvalue weighted by Gasteiger charge is -2.29. The first-order valence-electron chi connectivity index (χ1n) is 10.1. The molecule has 2 amide bonds. The van der Waals surface area contributed by atoms with Gasteiger partial charge in [-0.15, -0.1) is 0 Å². The Morgan fingerprint density at radius 2 is 1.87 bits per heavy atom. The summed E-state index contributed by atoms with van der Waals surface area (Å²) in [6.45, 7) is 5.06. The molecule has 154 valence electrons. The molecule has 6 heteroatoms. The van der Waals surface area contributed by atoms with Gasteiger partial charge in [0.15, 0.2) is 0 Å². The predicted octanol–water partition coefficient (Wildman–Crippen LogP) is 3.76. The smallest absolute Gasteiger partial charge is 0.313 e. The number of nitrogens with zero attached hydrogens (tertiary/aromatic N) is 1. The van der Waals surface area contributed by atoms with Crippen molar-refractivity contribution >= 4 is 23.2 Å². The van der Waals surface area contributed by atoms with Crippen molar-refractivity contribution in [1.82, 2.24) is 5.32 Å². The predicted molar refractivity (Wildman–Crippen MR) is 116 cm³/mol. The number of hydrogen-bond acceptors (Lipinski definition) is 4. The molecule has 2 N–H and O–H groups in total. The molecular formula is C24H25N3O3. The number of rotatable bonds is 5. The lowest BCUT2D eigenvalue weighted by Crippen LogP contribution is -2.41. The second-order valence-corrected chi connectivity index (χ2v) is 7.57. The number of furan rings is 1. The summed E-state index contributed by atoms with van der Waals surface area (Å²) in [5.74, 6) is -0.600. The van der Waals surface area contributed by atoms with Crippen molar-refractivity contribution in [3.8, 4) is 0 Å². The van der Waals surface area contributed by atoms with Crippen molar-refractivity contribution in [2.24, 2.45) is 0 Å². The van der Waals surface area contributed by atoms with Gasteiger partial charge in [0.05, 0.1) is 6.26 Å². The Kier molecular flexibility index (Phi) is 5.57. The van der Waals surface area contributed by atoms with Gasteiger partial charge in [-0.3, -0.25) is 9.59 Å². The number of carbonyl (C=O) groups excluding carboxylic acids is 2. The first-order valence-corrected chi connectivity index (χ1v) is 10.1. The van der Waals surface area contributed by atoms with Gasteiger partial charge in [0.1, 0.15) is 11.8 Å². The molecular weight excluding hydrogens is 378 g/mol. The largest absolute Gasteiger partial charge is 0.467 e. The van der Waals surface area contributed by atoms with Crippen LogP contribution in [0, 0.1) is 13.8 Å². The molecule has 0 bridgehead atoms. The van der Waals surface area contributed by atoms with Crippen LogP contribution in [0.1, 0.15) is 28.5 Å². The van der Waals surface area contributed by atoms with Crippen LogP contribution in [0.2, 0.25) is 0 Å². The number of benzene rings is 2. The zero-order valence-electron chi connectivity index (χ0n) is 17.1. The van der Waals surface area contributed by atoms with Crippen molar-refractivity contribution in [3.05, 3.63) is 83.3 Å². The van der Waals surface area contributed by atoms with Crippen LogP contribution in [0.25, 0.3) is 0 Å². The van der Waals surface area contributed by atoms with E-state index in [9.17, 15) is 9.59 Å². The molecule has 1 aliphatic heterocycles. The molecule has 0 saturated carbocycles. The van der Waals surface area contributed by atoms with Crippen molar-refractivity contribution < 1.29 is 14.0 Å². The van der Waals surface area contributed by atoms with E-state index in [0.717, 1.165) is 35.5 Å². The molecule has 3 aromatic rings. The van der Waals surface area contributed by atoms with Crippen LogP contribution in [0.4, 0.5) is 11.4 Å². The SMILES string of the molecule is Cc1ccc(NC(=O)C(=O)NC[C@H](c2ccco2)N2CCc3ccccc32)cc1C. The number of hydrogen-bond donors (Lipinski definition) is 2. The highest BCUT2D eigenvalue weighted by Gasteiger charge is 2.29. The fraction of sp³-hybridized carbons (Fsp3) is 0.250. The Morgan fingerprint density at radius 3 is 2.63 bits per heavy atom. The fourth-order valence-electron chi connectivity index (χ4n) is 3.81. The van der Waals surface area contributed by atoms with Gasteiger partial charge in [-0.1, -0.05) is 24.3 Å². The third-order valence-electron chi connectivity index (χ3n) is 5.60. The van der Waals surface area contributed by atoms with Crippen molar-refractivity contribution in [2.45, 2.75) is 26.3 Å². The zero-order chi connectivity index (χ0) is 21.1. The van der Waals surface area contributed by atoms with E-state index in [2.05, 4.69) is 27.7 Å². The molecule has 30 heavy (non-hydrogen) atoms. The average molecular weight is 403 g/mol. The molecule has 2 heterocycles. The molecule has 4 rings (SSSR count). The third-order valence-corrected chi connectivity index (χ3v) is 5.60. The Bertz CT molecular complexity index is 1060. The molecule has 2 aromatic carbocycles. The Hall–Kier alpha value is -3.54. The number of amides is 2. The molecule has 1 atom stereocenters. The maximum absolute atomic E-state index is 12.5. The van der Waals surface area contributed by atoms with E-state index in [1.807, 2.05) is 50.2 Å². The minimum Gasteiger partial charge on any atom is -0.467 e. The second-order valence-electron chi connectivity index (χ2n) is 7.57. The highest BCUT2D eigenvalue weighted by molar-refractivity contribution is 6.39. The monoisotopic (exact) mass is 403 g/mol. The first-order chi connectivity index (χ1) is 14.5. The maximum Gasteiger partial charge on any atom is 0.313 e. The number of aryl methyl sites for hydroxylation is 2. The third kappa shape index (κ3) is 4.08. The molecule has 6 nitrogen and oxygen atoms in total. The van der Waals surface area contributed by atoms with Gasteiger partial charge in [-0.05, 0) is 67.3 Å². The standard InChI is InChI=1S/C24H25N3O3/c1-16-9-10-19(14-17(16)2)26-24(29)23(28)25-15-21(22-8-5-13-30-22)27-12-11-18-6-3-4-7-20(18)27/h3-10,13-14,21H,11-12,15H2,1-2H3,(H,25,28)(H,26,29)/t21-/m1/s1. The maximum atomic E-state index is 12.5. The highest BCUT2D eigenvalue weighted by atomic mass is 16.3. The Labute approximate surface area is 175 Å². The molecule has 0 fully saturated rings. The van der Waals surface area contributed by atoms with Crippen LogP contribution in [0.3, 0.4) is 0 Å². The number of carbonyl (C=O) groups is 2. The Balaban J connectivity index is 1.44. The lowest BCUT2D eigenvalue weighted by atomic mass is 10.1. The lowest BCUT2D eigenvalue weighted by molar-refractivity contribution is -0.136. The summed E-state index contributed by atoms with van der Waals surface area (Å²) in [7, 11) is 0. The van der Waals surface area contributed by atoms with Crippen molar-refractivity contribution in [3.63, 3.8) is 0 Å². The summed E-state index contributed by atoms with van der Waals surface area (Å²) < 4.78 is 5.64. The number of para-hydroxylation sites is 1. The molecule has 1 aliphatic rings. The van der Waals surface area contributed by atoms with Gasteiger partial charge in [-0.25, -0.2) is 0 Å². The van der Waals surface area contributed by atoms with Crippen LogP contribution in [0.15, 0.2) is 65.3 Å². The second kappa shape index (κ2) is 8.45. The number of fused-ring (bicyclic) bond motifs is 1. The Morgan fingerprint density at radius 1 is 1.03 bits per heavy atom. The van der Waals surface area contributed by atoms with Crippen LogP contribution >= 0.6 is 0 Å². The molecule has 0 spiro atoms. The molecule has 0 aliphatic carbocycles. The zero-order valence-corrected chi connectivity index (χ0v) is 17.1. The van der Waals surface area contributed by atoms with Gasteiger partial charge in [0, 0.05) is 24.5 Å². The van der Waals surface area contributed by atoms with E-state index >= 15 is 0 Å². The summed E-state index contributed by atoms with van der Waals surface area (Å²) in [5.41, 5.74) is 5.19. The molecule has 0 unspecified atom stereocenters. The van der Waals surface area contributed by atoms with E-state index in [-0.39, 0.29) is 12.6 Å². The van der Waals surface area contributed by atoms with Gasteiger partial charge in [0.25, 0.3) is 0 Å². The van der Waals surface area contributed by atoms with E-state index in [4.69, 9.17) is 4.42 Å². The fourth-order valence-corrected chi connectivity index (χ4v) is 3.81. The van der Waals surface area contributed by atoms with Crippen LogP contribution in [-0.4, -0.2) is 24.9 Å². The van der Waals surface area contributed by atoms with E-state index in [1.165, 1.54) is 5.56 Å². The average Bonchev–Trinajstić information content (AvgIpc) is 3.42. The summed E-state index contributed by atoms with van der Waals surface area (Å²) in [4.78, 5) is 27.0. The molecule has 0 radical (unpaired) electrons. The van der Waals surface area contributed by atoms with Crippen molar-refractivity contribution in [2.75, 3.05) is 23.3 Å². The molecule has 1 aromatic heterocycles. The van der Waals surface area contributed by atoms with E-state index in [1.54, 1.807) is 12.3 Å². The van der Waals surface area contributed by atoms with E-state index in [0.29, 0.717) is 5.69 Å².